The summed E-state index contributed by atoms with van der Waals surface area (Å²) in [6.07, 6.45) is 0. The number of para-hydroxylation sites is 1. The summed E-state index contributed by atoms with van der Waals surface area (Å²) in [6, 6.07) is 22.6. The highest BCUT2D eigenvalue weighted by molar-refractivity contribution is 6.72. The fraction of sp³-hybridized carbons (Fsp3) is 0.0526. The standard InChI is InChI=1S/C19H16BNO/c1-13-7-2-3-8-14(13)16-10-6-11-17-15-9-4-5-12-18(15)20(22)21-19(16)17/h2-12,21-22H,1H3. The first kappa shape index (κ1) is 13.2. The van der Waals surface area contributed by atoms with Crippen LogP contribution in [-0.4, -0.2) is 12.1 Å². The van der Waals surface area contributed by atoms with Crippen LogP contribution in [0.15, 0.2) is 66.7 Å². The zero-order valence-corrected chi connectivity index (χ0v) is 12.4. The predicted octanol–water partition coefficient (Wildman–Crippen LogP) is 3.44. The van der Waals surface area contributed by atoms with Gasteiger partial charge in [0.25, 0.3) is 0 Å². The minimum Gasteiger partial charge on any atom is -0.429 e. The molecule has 106 valence electrons. The van der Waals surface area contributed by atoms with Crippen molar-refractivity contribution in [2.75, 3.05) is 5.23 Å². The van der Waals surface area contributed by atoms with E-state index in [9.17, 15) is 5.02 Å². The molecule has 3 aromatic carbocycles. The van der Waals surface area contributed by atoms with E-state index in [2.05, 4.69) is 54.6 Å². The number of nitrogens with one attached hydrogen (secondary N) is 1. The van der Waals surface area contributed by atoms with Gasteiger partial charge in [-0.3, -0.25) is 0 Å². The van der Waals surface area contributed by atoms with E-state index in [1.165, 1.54) is 11.1 Å². The van der Waals surface area contributed by atoms with Crippen LogP contribution in [0.5, 0.6) is 0 Å². The Bertz CT molecular complexity index is 860. The monoisotopic (exact) mass is 285 g/mol. The van der Waals surface area contributed by atoms with Crippen molar-refractivity contribution in [3.8, 4) is 22.3 Å². The molecule has 1 aliphatic rings. The second-order valence-corrected chi connectivity index (χ2v) is 5.68. The van der Waals surface area contributed by atoms with E-state index in [4.69, 9.17) is 0 Å². The molecule has 0 aromatic heterocycles. The van der Waals surface area contributed by atoms with Crippen LogP contribution in [0.1, 0.15) is 5.56 Å². The first-order valence-electron chi connectivity index (χ1n) is 7.48. The molecule has 1 aliphatic heterocycles. The van der Waals surface area contributed by atoms with Gasteiger partial charge in [0.2, 0.25) is 0 Å². The molecule has 22 heavy (non-hydrogen) atoms. The van der Waals surface area contributed by atoms with Crippen LogP contribution in [0, 0.1) is 6.92 Å². The Kier molecular flexibility index (Phi) is 3.02. The smallest absolute Gasteiger partial charge is 0.429 e. The fourth-order valence-corrected chi connectivity index (χ4v) is 3.23. The van der Waals surface area contributed by atoms with Gasteiger partial charge < -0.3 is 10.3 Å². The molecule has 0 aliphatic carbocycles. The van der Waals surface area contributed by atoms with Crippen molar-refractivity contribution in [2.24, 2.45) is 0 Å². The summed E-state index contributed by atoms with van der Waals surface area (Å²) in [5, 5.41) is 13.7. The Labute approximate surface area is 130 Å². The van der Waals surface area contributed by atoms with E-state index >= 15 is 0 Å². The van der Waals surface area contributed by atoms with E-state index in [0.29, 0.717) is 0 Å². The molecule has 0 saturated heterocycles. The quantitative estimate of drug-likeness (QED) is 0.671. The third-order valence-electron chi connectivity index (χ3n) is 4.33. The van der Waals surface area contributed by atoms with E-state index in [1.54, 1.807) is 0 Å². The molecule has 2 N–H and O–H groups in total. The summed E-state index contributed by atoms with van der Waals surface area (Å²) in [6.45, 7) is 2.11. The summed E-state index contributed by atoms with van der Waals surface area (Å²) in [7, 11) is -0.672. The van der Waals surface area contributed by atoms with E-state index in [0.717, 1.165) is 27.8 Å². The topological polar surface area (TPSA) is 32.3 Å². The molecule has 0 saturated carbocycles. The lowest BCUT2D eigenvalue weighted by atomic mass is 9.66. The Morgan fingerprint density at radius 3 is 2.09 bits per heavy atom. The Hall–Kier alpha value is -2.52. The molecule has 0 bridgehead atoms. The van der Waals surface area contributed by atoms with Crippen LogP contribution >= 0.6 is 0 Å². The average molecular weight is 285 g/mol. The van der Waals surface area contributed by atoms with Gasteiger partial charge >= 0.3 is 7.05 Å². The number of benzene rings is 3. The van der Waals surface area contributed by atoms with Gasteiger partial charge in [-0.25, -0.2) is 0 Å². The predicted molar refractivity (Wildman–Crippen MR) is 93.3 cm³/mol. The SMILES string of the molecule is Cc1ccccc1-c1cccc2c1NB(O)c1ccccc1-2. The fourth-order valence-electron chi connectivity index (χ4n) is 3.23. The van der Waals surface area contributed by atoms with Crippen LogP contribution in [0.25, 0.3) is 22.3 Å². The summed E-state index contributed by atoms with van der Waals surface area (Å²) < 4.78 is 0. The molecule has 1 heterocycles. The third-order valence-corrected chi connectivity index (χ3v) is 4.33. The summed E-state index contributed by atoms with van der Waals surface area (Å²) >= 11 is 0. The zero-order chi connectivity index (χ0) is 15.1. The molecule has 2 nitrogen and oxygen atoms in total. The zero-order valence-electron chi connectivity index (χ0n) is 12.4. The molecule has 4 rings (SSSR count). The maximum atomic E-state index is 10.4. The lowest BCUT2D eigenvalue weighted by Crippen LogP contribution is -2.42. The summed E-state index contributed by atoms with van der Waals surface area (Å²) in [5.74, 6) is 0. The van der Waals surface area contributed by atoms with Gasteiger partial charge in [-0.05, 0) is 29.1 Å². The molecular formula is C19H16BNO. The van der Waals surface area contributed by atoms with E-state index < -0.39 is 7.05 Å². The highest BCUT2D eigenvalue weighted by atomic mass is 16.2. The normalized spacial score (nSPS) is 12.4. The van der Waals surface area contributed by atoms with Gasteiger partial charge in [-0.15, -0.1) is 0 Å². The highest BCUT2D eigenvalue weighted by Gasteiger charge is 2.28. The molecule has 0 fully saturated rings. The average Bonchev–Trinajstić information content (AvgIpc) is 2.55. The molecule has 3 aromatic rings. The molecule has 3 heteroatoms. The second kappa shape index (κ2) is 5.04. The largest absolute Gasteiger partial charge is 0.447 e. The van der Waals surface area contributed by atoms with Crippen LogP contribution < -0.4 is 10.7 Å². The van der Waals surface area contributed by atoms with Crippen molar-refractivity contribution in [1.82, 2.24) is 0 Å². The second-order valence-electron chi connectivity index (χ2n) is 5.68. The number of rotatable bonds is 1. The van der Waals surface area contributed by atoms with Crippen molar-refractivity contribution >= 4 is 18.2 Å². The number of anilines is 1. The van der Waals surface area contributed by atoms with Crippen molar-refractivity contribution in [1.29, 1.82) is 0 Å². The molecule has 0 radical (unpaired) electrons. The molecule has 0 spiro atoms. The van der Waals surface area contributed by atoms with Crippen molar-refractivity contribution in [3.63, 3.8) is 0 Å². The van der Waals surface area contributed by atoms with Crippen LogP contribution in [0.2, 0.25) is 0 Å². The molecule has 0 amide bonds. The maximum absolute atomic E-state index is 10.4. The van der Waals surface area contributed by atoms with Gasteiger partial charge in [0.05, 0.1) is 0 Å². The first-order valence-corrected chi connectivity index (χ1v) is 7.48. The summed E-state index contributed by atoms with van der Waals surface area (Å²) in [4.78, 5) is 0. The van der Waals surface area contributed by atoms with Crippen LogP contribution in [-0.2, 0) is 0 Å². The molecular weight excluding hydrogens is 269 g/mol. The Morgan fingerprint density at radius 2 is 1.32 bits per heavy atom. The number of hydrogen-bond donors (Lipinski definition) is 2. The van der Waals surface area contributed by atoms with Gasteiger partial charge in [-0.2, -0.15) is 0 Å². The third kappa shape index (κ3) is 1.94. The minimum atomic E-state index is -0.672. The Balaban J connectivity index is 1.99. The van der Waals surface area contributed by atoms with Crippen LogP contribution in [0.4, 0.5) is 5.69 Å². The first-order chi connectivity index (χ1) is 10.8. The number of aryl methyl sites for hydroxylation is 1. The number of fused-ring (bicyclic) bond motifs is 3. The van der Waals surface area contributed by atoms with Gasteiger partial charge in [-0.1, -0.05) is 66.7 Å². The van der Waals surface area contributed by atoms with E-state index in [1.807, 2.05) is 24.3 Å². The van der Waals surface area contributed by atoms with Crippen molar-refractivity contribution < 1.29 is 5.02 Å². The number of hydrogen-bond acceptors (Lipinski definition) is 2. The maximum Gasteiger partial charge on any atom is 0.447 e. The van der Waals surface area contributed by atoms with E-state index in [-0.39, 0.29) is 0 Å². The molecule has 0 unspecified atom stereocenters. The summed E-state index contributed by atoms with van der Waals surface area (Å²) in [5.41, 5.74) is 7.72. The van der Waals surface area contributed by atoms with Gasteiger partial charge in [0.1, 0.15) is 0 Å². The highest BCUT2D eigenvalue weighted by Crippen LogP contribution is 2.39. The lowest BCUT2D eigenvalue weighted by molar-refractivity contribution is 0.593. The minimum absolute atomic E-state index is 0.672. The van der Waals surface area contributed by atoms with Crippen LogP contribution in [0.3, 0.4) is 0 Å². The molecule has 0 atom stereocenters. The lowest BCUT2D eigenvalue weighted by Gasteiger charge is -2.26. The van der Waals surface area contributed by atoms with Crippen molar-refractivity contribution in [2.45, 2.75) is 6.92 Å². The van der Waals surface area contributed by atoms with Crippen molar-refractivity contribution in [3.05, 3.63) is 72.3 Å². The Morgan fingerprint density at radius 1 is 0.727 bits per heavy atom. The van der Waals surface area contributed by atoms with Gasteiger partial charge in [0.15, 0.2) is 0 Å². The van der Waals surface area contributed by atoms with Gasteiger partial charge in [0, 0.05) is 16.8 Å².